The van der Waals surface area contributed by atoms with Crippen LogP contribution in [0.3, 0.4) is 0 Å². The number of furan rings is 1. The number of amides is 3. The Balaban J connectivity index is 1.59. The van der Waals surface area contributed by atoms with Gasteiger partial charge >= 0.3 is 0 Å². The first-order valence-electron chi connectivity index (χ1n) is 14.4. The normalized spacial score (nSPS) is 16.9. The molecule has 1 aliphatic rings. The predicted molar refractivity (Wildman–Crippen MR) is 164 cm³/mol. The van der Waals surface area contributed by atoms with Crippen LogP contribution in [0, 0.1) is 11.8 Å². The lowest BCUT2D eigenvalue weighted by molar-refractivity contribution is -0.121. The molecule has 1 fully saturated rings. The van der Waals surface area contributed by atoms with Gasteiger partial charge in [-0.15, -0.1) is 0 Å². The van der Waals surface area contributed by atoms with Crippen LogP contribution in [0.1, 0.15) is 59.4 Å². The van der Waals surface area contributed by atoms with E-state index in [-0.39, 0.29) is 35.0 Å². The summed E-state index contributed by atoms with van der Waals surface area (Å²) in [5, 5.41) is 6.62. The van der Waals surface area contributed by atoms with E-state index < -0.39 is 5.91 Å². The first-order chi connectivity index (χ1) is 20.2. The summed E-state index contributed by atoms with van der Waals surface area (Å²) in [5.74, 6) is -0.257. The third kappa shape index (κ3) is 8.08. The highest BCUT2D eigenvalue weighted by Gasteiger charge is 2.30. The number of nitrogens with one attached hydrogen (secondary N) is 2. The Kier molecular flexibility index (Phi) is 11.0. The fourth-order valence-corrected chi connectivity index (χ4v) is 5.40. The molecular formula is C31H40ClN5O5. The van der Waals surface area contributed by atoms with E-state index in [0.29, 0.717) is 47.0 Å². The van der Waals surface area contributed by atoms with Crippen LogP contribution in [0.25, 0.3) is 11.0 Å². The first kappa shape index (κ1) is 31.5. The number of hydrogen-bond acceptors (Lipinski definition) is 7. The molecule has 10 nitrogen and oxygen atoms in total. The SMILES string of the molecule is COCCCN(C)C(=O)c1ccc2oc(C(=O)Nc3ccc(Cl)cn3)c(NC(=O)C3CCC(CCN(C)C)CC3)c2c1. The second kappa shape index (κ2) is 14.6. The van der Waals surface area contributed by atoms with Gasteiger partial charge in [0, 0.05) is 50.4 Å². The van der Waals surface area contributed by atoms with E-state index in [2.05, 4.69) is 34.6 Å². The number of hydrogen-bond donors (Lipinski definition) is 2. The van der Waals surface area contributed by atoms with Crippen molar-refractivity contribution in [2.24, 2.45) is 11.8 Å². The van der Waals surface area contributed by atoms with Crippen molar-refractivity contribution < 1.29 is 23.5 Å². The number of ether oxygens (including phenoxy) is 1. The Morgan fingerprint density at radius 1 is 1.05 bits per heavy atom. The van der Waals surface area contributed by atoms with Crippen molar-refractivity contribution in [1.29, 1.82) is 0 Å². The highest BCUT2D eigenvalue weighted by molar-refractivity contribution is 6.30. The van der Waals surface area contributed by atoms with Crippen molar-refractivity contribution in [3.05, 3.63) is 52.9 Å². The zero-order valence-electron chi connectivity index (χ0n) is 24.7. The van der Waals surface area contributed by atoms with E-state index in [1.165, 1.54) is 6.20 Å². The minimum atomic E-state index is -0.576. The van der Waals surface area contributed by atoms with Crippen LogP contribution in [-0.4, -0.2) is 80.5 Å². The maximum atomic E-state index is 13.5. The number of methoxy groups -OCH3 is 1. The van der Waals surface area contributed by atoms with Crippen LogP contribution in [0.2, 0.25) is 5.02 Å². The summed E-state index contributed by atoms with van der Waals surface area (Å²) in [5.41, 5.74) is 1.05. The number of anilines is 2. The third-order valence-electron chi connectivity index (χ3n) is 7.75. The van der Waals surface area contributed by atoms with Crippen LogP contribution < -0.4 is 10.6 Å². The number of rotatable bonds is 12. The number of fused-ring (bicyclic) bond motifs is 1. The molecule has 226 valence electrons. The molecule has 2 aromatic heterocycles. The van der Waals surface area contributed by atoms with Crippen LogP contribution in [0.4, 0.5) is 11.5 Å². The van der Waals surface area contributed by atoms with Gasteiger partial charge in [0.2, 0.25) is 11.7 Å². The number of aromatic nitrogens is 1. The van der Waals surface area contributed by atoms with Gasteiger partial charge in [-0.3, -0.25) is 14.4 Å². The molecule has 2 N–H and O–H groups in total. The van der Waals surface area contributed by atoms with E-state index in [4.69, 9.17) is 20.8 Å². The summed E-state index contributed by atoms with van der Waals surface area (Å²) < 4.78 is 11.1. The summed E-state index contributed by atoms with van der Waals surface area (Å²) in [7, 11) is 7.50. The second-order valence-electron chi connectivity index (χ2n) is 11.2. The van der Waals surface area contributed by atoms with Crippen molar-refractivity contribution in [3.8, 4) is 0 Å². The highest BCUT2D eigenvalue weighted by Crippen LogP contribution is 2.36. The average molecular weight is 598 g/mol. The molecule has 1 aliphatic carbocycles. The fraction of sp³-hybridized carbons (Fsp3) is 0.484. The standard InChI is InChI=1S/C31H40ClN5O5/c1-36(2)16-14-20-6-8-21(9-7-20)29(38)35-27-24-18-22(31(40)37(3)15-5-17-41-4)10-12-25(24)42-28(27)30(39)34-26-13-11-23(32)19-33-26/h10-13,18-21H,5-9,14-17H2,1-4H3,(H,35,38)(H,33,34,39). The largest absolute Gasteiger partial charge is 0.449 e. The molecule has 11 heteroatoms. The Labute approximate surface area is 251 Å². The molecule has 1 aromatic carbocycles. The third-order valence-corrected chi connectivity index (χ3v) is 7.97. The molecule has 2 heterocycles. The zero-order chi connectivity index (χ0) is 30.2. The van der Waals surface area contributed by atoms with Crippen molar-refractivity contribution >= 4 is 51.8 Å². The molecule has 3 aromatic rings. The number of carbonyl (C=O) groups is 3. The zero-order valence-corrected chi connectivity index (χ0v) is 25.5. The van der Waals surface area contributed by atoms with E-state index in [1.54, 1.807) is 49.4 Å². The molecule has 42 heavy (non-hydrogen) atoms. The Bertz CT molecular complexity index is 1380. The number of halogens is 1. The molecule has 0 atom stereocenters. The minimum absolute atomic E-state index is 0.0622. The maximum Gasteiger partial charge on any atom is 0.294 e. The topological polar surface area (TPSA) is 117 Å². The van der Waals surface area contributed by atoms with Gasteiger partial charge in [-0.2, -0.15) is 0 Å². The molecule has 4 rings (SSSR count). The van der Waals surface area contributed by atoms with Gasteiger partial charge in [-0.1, -0.05) is 11.6 Å². The number of benzene rings is 1. The number of pyridine rings is 1. The van der Waals surface area contributed by atoms with Crippen molar-refractivity contribution in [2.45, 2.75) is 38.5 Å². The Hall–Kier alpha value is -3.47. The first-order valence-corrected chi connectivity index (χ1v) is 14.7. The van der Waals surface area contributed by atoms with Gasteiger partial charge in [-0.05, 0) is 95.4 Å². The molecule has 0 unspecified atom stereocenters. The molecule has 0 saturated heterocycles. The molecule has 1 saturated carbocycles. The second-order valence-corrected chi connectivity index (χ2v) is 11.6. The predicted octanol–water partition coefficient (Wildman–Crippen LogP) is 5.54. The van der Waals surface area contributed by atoms with Crippen molar-refractivity contribution in [2.75, 3.05) is 58.6 Å². The summed E-state index contributed by atoms with van der Waals surface area (Å²) >= 11 is 5.93. The van der Waals surface area contributed by atoms with Gasteiger partial charge in [0.05, 0.1) is 5.02 Å². The lowest BCUT2D eigenvalue weighted by Gasteiger charge is -2.28. The Morgan fingerprint density at radius 3 is 2.48 bits per heavy atom. The van der Waals surface area contributed by atoms with Crippen LogP contribution in [-0.2, 0) is 9.53 Å². The van der Waals surface area contributed by atoms with Gasteiger partial charge < -0.3 is 29.6 Å². The van der Waals surface area contributed by atoms with Gasteiger partial charge in [0.1, 0.15) is 17.1 Å². The lowest BCUT2D eigenvalue weighted by Crippen LogP contribution is -2.29. The molecule has 0 bridgehead atoms. The van der Waals surface area contributed by atoms with Crippen LogP contribution in [0.15, 0.2) is 40.9 Å². The van der Waals surface area contributed by atoms with E-state index in [1.807, 2.05) is 0 Å². The summed E-state index contributed by atoms with van der Waals surface area (Å²) in [6.45, 7) is 2.11. The summed E-state index contributed by atoms with van der Waals surface area (Å²) in [4.78, 5) is 48.0. The van der Waals surface area contributed by atoms with E-state index >= 15 is 0 Å². The smallest absolute Gasteiger partial charge is 0.294 e. The van der Waals surface area contributed by atoms with E-state index in [0.717, 1.165) is 38.6 Å². The van der Waals surface area contributed by atoms with Gasteiger partial charge in [0.25, 0.3) is 11.8 Å². The van der Waals surface area contributed by atoms with Crippen molar-refractivity contribution in [3.63, 3.8) is 0 Å². The quantitative estimate of drug-likeness (QED) is 0.263. The fourth-order valence-electron chi connectivity index (χ4n) is 5.28. The number of carbonyl (C=O) groups excluding carboxylic acids is 3. The summed E-state index contributed by atoms with van der Waals surface area (Å²) in [6.07, 6.45) is 6.79. The molecular weight excluding hydrogens is 558 g/mol. The highest BCUT2D eigenvalue weighted by atomic mass is 35.5. The molecule has 3 amide bonds. The van der Waals surface area contributed by atoms with Crippen molar-refractivity contribution in [1.82, 2.24) is 14.8 Å². The number of nitrogens with zero attached hydrogens (tertiary/aromatic N) is 3. The lowest BCUT2D eigenvalue weighted by atomic mass is 9.80. The van der Waals surface area contributed by atoms with E-state index in [9.17, 15) is 14.4 Å². The maximum absolute atomic E-state index is 13.5. The molecule has 0 aliphatic heterocycles. The average Bonchev–Trinajstić information content (AvgIpc) is 3.34. The van der Waals surface area contributed by atoms with Crippen LogP contribution in [0.5, 0.6) is 0 Å². The molecule has 0 radical (unpaired) electrons. The molecule has 0 spiro atoms. The van der Waals surface area contributed by atoms with Crippen LogP contribution >= 0.6 is 11.6 Å². The monoisotopic (exact) mass is 597 g/mol. The van der Waals surface area contributed by atoms with Gasteiger partial charge in [0.15, 0.2) is 0 Å². The summed E-state index contributed by atoms with van der Waals surface area (Å²) in [6, 6.07) is 8.16. The Morgan fingerprint density at radius 2 is 1.81 bits per heavy atom. The minimum Gasteiger partial charge on any atom is -0.449 e. The van der Waals surface area contributed by atoms with Gasteiger partial charge in [-0.25, -0.2) is 4.98 Å².